The van der Waals surface area contributed by atoms with Crippen molar-refractivity contribution in [2.75, 3.05) is 5.32 Å². The molecule has 5 heteroatoms. The van der Waals surface area contributed by atoms with Crippen LogP contribution in [0.15, 0.2) is 48.5 Å². The van der Waals surface area contributed by atoms with E-state index in [0.717, 1.165) is 5.56 Å². The average Bonchev–Trinajstić information content (AvgIpc) is 2.47. The number of primary amides is 1. The molecular weight excluding hydrogens is 283 g/mol. The summed E-state index contributed by atoms with van der Waals surface area (Å²) in [6.45, 7) is 0. The first-order valence-corrected chi connectivity index (χ1v) is 6.95. The average molecular weight is 300 g/mol. The third-order valence-electron chi connectivity index (χ3n) is 3.19. The number of nitrogens with one attached hydrogen (secondary N) is 1. The number of carbonyl (C=O) groups excluding carboxylic acids is 2. The van der Waals surface area contributed by atoms with Gasteiger partial charge in [-0.3, -0.25) is 9.59 Å². The molecule has 0 fully saturated rings. The standard InChI is InChI=1S/C17H17FN2O2/c18-14-6-3-4-12(10-14)8-9-17(22)20-15-7-2-1-5-13(15)11-16(19)21/h1-7,10H,8-9,11H2,(H2,19,21)(H,20,22). The molecule has 22 heavy (non-hydrogen) atoms. The molecule has 0 aliphatic carbocycles. The molecular formula is C17H17FN2O2. The summed E-state index contributed by atoms with van der Waals surface area (Å²) in [5.41, 5.74) is 7.20. The highest BCUT2D eigenvalue weighted by molar-refractivity contribution is 5.92. The van der Waals surface area contributed by atoms with Crippen LogP contribution in [-0.2, 0) is 22.4 Å². The number of hydrogen-bond acceptors (Lipinski definition) is 2. The van der Waals surface area contributed by atoms with E-state index < -0.39 is 5.91 Å². The first-order valence-electron chi connectivity index (χ1n) is 6.95. The lowest BCUT2D eigenvalue weighted by Gasteiger charge is -2.10. The molecule has 0 atom stereocenters. The highest BCUT2D eigenvalue weighted by atomic mass is 19.1. The number of amides is 2. The second-order valence-corrected chi connectivity index (χ2v) is 4.98. The molecule has 0 unspecified atom stereocenters. The van der Waals surface area contributed by atoms with Gasteiger partial charge in [0.05, 0.1) is 6.42 Å². The fraction of sp³-hybridized carbons (Fsp3) is 0.176. The van der Waals surface area contributed by atoms with Crippen LogP contribution in [0.3, 0.4) is 0 Å². The fourth-order valence-electron chi connectivity index (χ4n) is 2.15. The van der Waals surface area contributed by atoms with Crippen LogP contribution in [0.2, 0.25) is 0 Å². The maximum absolute atomic E-state index is 13.1. The number of benzene rings is 2. The lowest BCUT2D eigenvalue weighted by atomic mass is 10.1. The van der Waals surface area contributed by atoms with Crippen LogP contribution in [0.25, 0.3) is 0 Å². The Morgan fingerprint density at radius 2 is 1.86 bits per heavy atom. The number of carbonyl (C=O) groups is 2. The number of anilines is 1. The highest BCUT2D eigenvalue weighted by Gasteiger charge is 2.09. The lowest BCUT2D eigenvalue weighted by molar-refractivity contribution is -0.118. The highest BCUT2D eigenvalue weighted by Crippen LogP contribution is 2.16. The molecule has 3 N–H and O–H groups in total. The van der Waals surface area contributed by atoms with Crippen LogP contribution in [0.4, 0.5) is 10.1 Å². The topological polar surface area (TPSA) is 72.2 Å². The summed E-state index contributed by atoms with van der Waals surface area (Å²) in [6.07, 6.45) is 0.746. The summed E-state index contributed by atoms with van der Waals surface area (Å²) < 4.78 is 13.1. The Hall–Kier alpha value is -2.69. The quantitative estimate of drug-likeness (QED) is 0.860. The monoisotopic (exact) mass is 300 g/mol. The second kappa shape index (κ2) is 7.36. The Balaban J connectivity index is 1.96. The van der Waals surface area contributed by atoms with E-state index in [1.807, 2.05) is 0 Å². The summed E-state index contributed by atoms with van der Waals surface area (Å²) >= 11 is 0. The third kappa shape index (κ3) is 4.70. The van der Waals surface area contributed by atoms with Gasteiger partial charge in [-0.2, -0.15) is 0 Å². The molecule has 2 aromatic carbocycles. The van der Waals surface area contributed by atoms with E-state index >= 15 is 0 Å². The summed E-state index contributed by atoms with van der Waals surface area (Å²) in [5, 5.41) is 2.76. The van der Waals surface area contributed by atoms with Crippen molar-refractivity contribution in [3.63, 3.8) is 0 Å². The minimum atomic E-state index is -0.457. The Morgan fingerprint density at radius 1 is 1.09 bits per heavy atom. The Morgan fingerprint density at radius 3 is 2.59 bits per heavy atom. The number of para-hydroxylation sites is 1. The fourth-order valence-corrected chi connectivity index (χ4v) is 2.15. The van der Waals surface area contributed by atoms with Crippen LogP contribution in [0.5, 0.6) is 0 Å². The van der Waals surface area contributed by atoms with Crippen molar-refractivity contribution in [3.05, 3.63) is 65.5 Å². The van der Waals surface area contributed by atoms with E-state index in [1.54, 1.807) is 36.4 Å². The molecule has 4 nitrogen and oxygen atoms in total. The molecule has 0 bridgehead atoms. The number of nitrogens with two attached hydrogens (primary N) is 1. The smallest absolute Gasteiger partial charge is 0.224 e. The number of hydrogen-bond donors (Lipinski definition) is 2. The van der Waals surface area contributed by atoms with Crippen molar-refractivity contribution >= 4 is 17.5 Å². The number of rotatable bonds is 6. The van der Waals surface area contributed by atoms with Crippen LogP contribution >= 0.6 is 0 Å². The van der Waals surface area contributed by atoms with Gasteiger partial charge in [-0.1, -0.05) is 30.3 Å². The van der Waals surface area contributed by atoms with Crippen molar-refractivity contribution in [1.82, 2.24) is 0 Å². The van der Waals surface area contributed by atoms with Gasteiger partial charge in [-0.15, -0.1) is 0 Å². The minimum absolute atomic E-state index is 0.0698. The van der Waals surface area contributed by atoms with Gasteiger partial charge >= 0.3 is 0 Å². The van der Waals surface area contributed by atoms with Gasteiger partial charge in [0.2, 0.25) is 11.8 Å². The van der Waals surface area contributed by atoms with Gasteiger partial charge in [0, 0.05) is 12.1 Å². The third-order valence-corrected chi connectivity index (χ3v) is 3.19. The maximum atomic E-state index is 13.1. The summed E-state index contributed by atoms with van der Waals surface area (Å²) in [5.74, 6) is -0.965. The normalized spacial score (nSPS) is 10.2. The zero-order valence-corrected chi connectivity index (χ0v) is 12.0. The van der Waals surface area contributed by atoms with Gasteiger partial charge in [0.1, 0.15) is 5.82 Å². The van der Waals surface area contributed by atoms with Crippen molar-refractivity contribution in [1.29, 1.82) is 0 Å². The first kappa shape index (κ1) is 15.7. The first-order chi connectivity index (χ1) is 10.5. The summed E-state index contributed by atoms with van der Waals surface area (Å²) in [6, 6.07) is 13.2. The molecule has 0 saturated carbocycles. The van der Waals surface area contributed by atoms with Crippen LogP contribution in [0.1, 0.15) is 17.5 Å². The maximum Gasteiger partial charge on any atom is 0.224 e. The lowest BCUT2D eigenvalue weighted by Crippen LogP contribution is -2.17. The Labute approximate surface area is 128 Å². The summed E-state index contributed by atoms with van der Waals surface area (Å²) in [4.78, 5) is 23.0. The predicted octanol–water partition coefficient (Wildman–Crippen LogP) is 2.42. The summed E-state index contributed by atoms with van der Waals surface area (Å²) in [7, 11) is 0. The van der Waals surface area contributed by atoms with Crippen LogP contribution in [0, 0.1) is 5.82 Å². The molecule has 0 aliphatic heterocycles. The molecule has 0 heterocycles. The number of aryl methyl sites for hydroxylation is 1. The Bertz CT molecular complexity index is 686. The van der Waals surface area contributed by atoms with Gasteiger partial charge < -0.3 is 11.1 Å². The second-order valence-electron chi connectivity index (χ2n) is 4.98. The molecule has 0 spiro atoms. The largest absolute Gasteiger partial charge is 0.369 e. The zero-order chi connectivity index (χ0) is 15.9. The Kier molecular flexibility index (Phi) is 5.25. The molecule has 0 aromatic heterocycles. The van der Waals surface area contributed by atoms with Crippen molar-refractivity contribution in [3.8, 4) is 0 Å². The van der Waals surface area contributed by atoms with Gasteiger partial charge in [0.25, 0.3) is 0 Å². The predicted molar refractivity (Wildman–Crippen MR) is 82.7 cm³/mol. The van der Waals surface area contributed by atoms with E-state index in [4.69, 9.17) is 5.73 Å². The molecule has 0 radical (unpaired) electrons. The minimum Gasteiger partial charge on any atom is -0.369 e. The molecule has 0 aliphatic rings. The van der Waals surface area contributed by atoms with Crippen molar-refractivity contribution < 1.29 is 14.0 Å². The van der Waals surface area contributed by atoms with E-state index in [0.29, 0.717) is 17.7 Å². The zero-order valence-electron chi connectivity index (χ0n) is 12.0. The molecule has 114 valence electrons. The molecule has 0 saturated heterocycles. The number of halogens is 1. The van der Waals surface area contributed by atoms with Gasteiger partial charge in [-0.05, 0) is 35.7 Å². The van der Waals surface area contributed by atoms with Crippen LogP contribution < -0.4 is 11.1 Å². The van der Waals surface area contributed by atoms with E-state index in [1.165, 1.54) is 12.1 Å². The van der Waals surface area contributed by atoms with E-state index in [2.05, 4.69) is 5.32 Å². The van der Waals surface area contributed by atoms with Crippen molar-refractivity contribution in [2.45, 2.75) is 19.3 Å². The van der Waals surface area contributed by atoms with E-state index in [-0.39, 0.29) is 24.6 Å². The molecule has 2 amide bonds. The SMILES string of the molecule is NC(=O)Cc1ccccc1NC(=O)CCc1cccc(F)c1. The molecule has 2 rings (SSSR count). The molecule has 2 aromatic rings. The van der Waals surface area contributed by atoms with E-state index in [9.17, 15) is 14.0 Å². The van der Waals surface area contributed by atoms with Crippen molar-refractivity contribution in [2.24, 2.45) is 5.73 Å². The van der Waals surface area contributed by atoms with Gasteiger partial charge in [-0.25, -0.2) is 4.39 Å². The van der Waals surface area contributed by atoms with Gasteiger partial charge in [0.15, 0.2) is 0 Å². The van der Waals surface area contributed by atoms with Crippen LogP contribution in [-0.4, -0.2) is 11.8 Å².